The zero-order chi connectivity index (χ0) is 18.1. The van der Waals surface area contributed by atoms with Gasteiger partial charge in [0, 0.05) is 6.54 Å². The Labute approximate surface area is 157 Å². The first-order chi connectivity index (χ1) is 11.1. The van der Waals surface area contributed by atoms with Crippen molar-refractivity contribution in [1.29, 1.82) is 0 Å². The van der Waals surface area contributed by atoms with E-state index in [9.17, 15) is 13.2 Å². The molecule has 2 N–H and O–H groups in total. The third-order valence-corrected chi connectivity index (χ3v) is 4.80. The lowest BCUT2D eigenvalue weighted by atomic mass is 10.2. The van der Waals surface area contributed by atoms with Crippen molar-refractivity contribution in [3.63, 3.8) is 0 Å². The Morgan fingerprint density at radius 3 is 2.25 bits per heavy atom. The van der Waals surface area contributed by atoms with Gasteiger partial charge >= 0.3 is 6.18 Å². The van der Waals surface area contributed by atoms with Crippen molar-refractivity contribution in [1.82, 2.24) is 5.32 Å². The van der Waals surface area contributed by atoms with E-state index in [1.165, 1.54) is 0 Å². The zero-order valence-corrected chi connectivity index (χ0v) is 15.5. The van der Waals surface area contributed by atoms with Gasteiger partial charge in [-0.05, 0) is 25.0 Å². The number of hydrogen-bond donors (Lipinski definition) is 2. The zero-order valence-electron chi connectivity index (χ0n) is 12.4. The van der Waals surface area contributed by atoms with Crippen molar-refractivity contribution in [3.05, 3.63) is 27.7 Å². The molecule has 0 bridgehead atoms. The highest BCUT2D eigenvalue weighted by atomic mass is 35.5. The molecule has 10 heteroatoms. The molecule has 0 heterocycles. The molecule has 0 saturated heterocycles. The number of nitrogens with zero attached hydrogens (tertiary/aromatic N) is 1. The van der Waals surface area contributed by atoms with E-state index in [-0.39, 0.29) is 21.7 Å². The number of rotatable bonds is 5. The molecule has 1 aromatic carbocycles. The predicted molar refractivity (Wildman–Crippen MR) is 93.4 cm³/mol. The van der Waals surface area contributed by atoms with Gasteiger partial charge in [0.25, 0.3) is 0 Å². The summed E-state index contributed by atoms with van der Waals surface area (Å²) < 4.78 is 37.3. The first-order valence-electron chi connectivity index (χ1n) is 7.07. The third kappa shape index (κ3) is 4.75. The van der Waals surface area contributed by atoms with Crippen LogP contribution in [0, 0.1) is 5.92 Å². The quantitative estimate of drug-likeness (QED) is 0.267. The van der Waals surface area contributed by atoms with Crippen LogP contribution in [-0.2, 0) is 6.18 Å². The molecule has 0 aromatic heterocycles. The minimum Gasteiger partial charge on any atom is -0.372 e. The van der Waals surface area contributed by atoms with Gasteiger partial charge in [-0.25, -0.2) is 0 Å². The minimum atomic E-state index is -4.53. The second kappa shape index (κ2) is 7.36. The van der Waals surface area contributed by atoms with Crippen LogP contribution >= 0.6 is 46.4 Å². The summed E-state index contributed by atoms with van der Waals surface area (Å²) in [6, 6.07) is 1.57. The number of nitrogens with one attached hydrogen (secondary N) is 2. The number of halogens is 7. The van der Waals surface area contributed by atoms with Crippen molar-refractivity contribution in [2.75, 3.05) is 12.0 Å². The molecule has 1 aliphatic rings. The van der Waals surface area contributed by atoms with Gasteiger partial charge in [0.15, 0.2) is 0 Å². The molecule has 1 aliphatic carbocycles. The van der Waals surface area contributed by atoms with E-state index in [0.717, 1.165) is 18.6 Å². The highest BCUT2D eigenvalue weighted by molar-refractivity contribution is 6.52. The average molecular weight is 423 g/mol. The van der Waals surface area contributed by atoms with Gasteiger partial charge in [-0.1, -0.05) is 30.1 Å². The molecule has 1 atom stereocenters. The topological polar surface area (TPSA) is 36.4 Å². The predicted octanol–water partition coefficient (Wildman–Crippen LogP) is 5.93. The fourth-order valence-corrected chi connectivity index (χ4v) is 3.05. The Morgan fingerprint density at radius 1 is 1.29 bits per heavy atom. The molecule has 134 valence electrons. The summed E-state index contributed by atoms with van der Waals surface area (Å²) in [5, 5.41) is 6.85. The summed E-state index contributed by atoms with van der Waals surface area (Å²) in [5.41, 5.74) is 1.75. The van der Waals surface area contributed by atoms with Gasteiger partial charge < -0.3 is 5.32 Å². The smallest absolute Gasteiger partial charge is 0.372 e. The Hall–Kier alpha value is -0.560. The van der Waals surface area contributed by atoms with Gasteiger partial charge in [-0.15, -0.1) is 23.2 Å². The summed E-state index contributed by atoms with van der Waals surface area (Å²) in [7, 11) is 0. The van der Waals surface area contributed by atoms with E-state index >= 15 is 0 Å². The molecule has 1 aromatic rings. The summed E-state index contributed by atoms with van der Waals surface area (Å²) in [4.78, 5) is 0. The first kappa shape index (κ1) is 19.8. The molecule has 3 nitrogen and oxygen atoms in total. The highest BCUT2D eigenvalue weighted by Gasteiger charge is 2.55. The molecule has 0 spiro atoms. The number of hydrazone groups is 1. The highest BCUT2D eigenvalue weighted by Crippen LogP contribution is 2.53. The van der Waals surface area contributed by atoms with E-state index in [2.05, 4.69) is 15.8 Å². The van der Waals surface area contributed by atoms with Crippen LogP contribution in [0.3, 0.4) is 0 Å². The summed E-state index contributed by atoms with van der Waals surface area (Å²) in [6.45, 7) is 2.62. The van der Waals surface area contributed by atoms with Gasteiger partial charge in [-0.2, -0.15) is 18.3 Å². The molecular formula is C14H14Cl4F3N3. The van der Waals surface area contributed by atoms with Gasteiger partial charge in [0.2, 0.25) is 0 Å². The first-order valence-corrected chi connectivity index (χ1v) is 8.59. The monoisotopic (exact) mass is 421 g/mol. The third-order valence-electron chi connectivity index (χ3n) is 3.37. The van der Waals surface area contributed by atoms with Crippen LogP contribution < -0.4 is 10.7 Å². The normalized spacial score (nSPS) is 20.0. The molecule has 2 rings (SSSR count). The van der Waals surface area contributed by atoms with E-state index in [1.807, 2.05) is 6.92 Å². The van der Waals surface area contributed by atoms with E-state index in [0.29, 0.717) is 18.8 Å². The van der Waals surface area contributed by atoms with Gasteiger partial charge in [-0.3, -0.25) is 5.43 Å². The SMILES string of the molecule is CCCNC(=NNc1c(Cl)cc(C(F)(F)F)cc1Cl)C1CC1(Cl)Cl. The maximum atomic E-state index is 12.7. The molecule has 0 amide bonds. The number of benzene rings is 1. The standard InChI is InChI=1S/C14H14Cl4F3N3/c1-2-3-22-12(8-6-13(8,17)18)24-23-11-9(15)4-7(5-10(11)16)14(19,20)21/h4-5,8,23H,2-3,6H2,1H3,(H,22,24). The van der Waals surface area contributed by atoms with Crippen molar-refractivity contribution in [2.24, 2.45) is 11.0 Å². The van der Waals surface area contributed by atoms with Crippen molar-refractivity contribution in [3.8, 4) is 0 Å². The van der Waals surface area contributed by atoms with E-state index in [1.54, 1.807) is 0 Å². The lowest BCUT2D eigenvalue weighted by Crippen LogP contribution is -2.29. The maximum Gasteiger partial charge on any atom is 0.416 e. The lowest BCUT2D eigenvalue weighted by Gasteiger charge is -2.14. The molecule has 1 saturated carbocycles. The van der Waals surface area contributed by atoms with Crippen LogP contribution in [0.5, 0.6) is 0 Å². The van der Waals surface area contributed by atoms with Crippen LogP contribution in [-0.4, -0.2) is 16.7 Å². The van der Waals surface area contributed by atoms with Crippen LogP contribution in [0.15, 0.2) is 17.2 Å². The largest absolute Gasteiger partial charge is 0.416 e. The average Bonchev–Trinajstić information content (AvgIpc) is 3.08. The Balaban J connectivity index is 2.22. The van der Waals surface area contributed by atoms with Crippen LogP contribution in [0.1, 0.15) is 25.3 Å². The fraction of sp³-hybridized carbons (Fsp3) is 0.500. The fourth-order valence-electron chi connectivity index (χ4n) is 1.96. The van der Waals surface area contributed by atoms with Gasteiger partial charge in [0.05, 0.1) is 27.2 Å². The van der Waals surface area contributed by atoms with Crippen molar-refractivity contribution in [2.45, 2.75) is 30.3 Å². The second-order valence-corrected chi connectivity index (χ2v) is 7.72. The Bertz CT molecular complexity index is 624. The maximum absolute atomic E-state index is 12.7. The van der Waals surface area contributed by atoms with Crippen LogP contribution in [0.4, 0.5) is 18.9 Å². The van der Waals surface area contributed by atoms with Crippen molar-refractivity contribution < 1.29 is 13.2 Å². The van der Waals surface area contributed by atoms with E-state index in [4.69, 9.17) is 46.4 Å². The summed E-state index contributed by atoms with van der Waals surface area (Å²) in [6.07, 6.45) is -3.15. The number of amidine groups is 1. The Kier molecular flexibility index (Phi) is 6.06. The minimum absolute atomic E-state index is 0.0810. The summed E-state index contributed by atoms with van der Waals surface area (Å²) >= 11 is 23.9. The van der Waals surface area contributed by atoms with Crippen molar-refractivity contribution >= 4 is 57.9 Å². The van der Waals surface area contributed by atoms with Crippen LogP contribution in [0.2, 0.25) is 10.0 Å². The Morgan fingerprint density at radius 2 is 1.83 bits per heavy atom. The van der Waals surface area contributed by atoms with Gasteiger partial charge in [0.1, 0.15) is 10.2 Å². The van der Waals surface area contributed by atoms with Crippen LogP contribution in [0.25, 0.3) is 0 Å². The number of alkyl halides is 5. The lowest BCUT2D eigenvalue weighted by molar-refractivity contribution is -0.137. The second-order valence-electron chi connectivity index (χ2n) is 5.37. The molecule has 0 aliphatic heterocycles. The van der Waals surface area contributed by atoms with E-state index < -0.39 is 16.1 Å². The molecular weight excluding hydrogens is 409 g/mol. The molecule has 1 fully saturated rings. The molecule has 0 radical (unpaired) electrons. The summed E-state index contributed by atoms with van der Waals surface area (Å²) in [5.74, 6) is 0.320. The molecule has 24 heavy (non-hydrogen) atoms. The molecule has 1 unspecified atom stereocenters. The number of hydrogen-bond acceptors (Lipinski definition) is 2. The number of anilines is 1.